The molecule has 0 spiro atoms. The molecule has 0 unspecified atom stereocenters. The Hall–Kier alpha value is -0.100. The van der Waals surface area contributed by atoms with Gasteiger partial charge >= 0.3 is 0 Å². The van der Waals surface area contributed by atoms with Gasteiger partial charge in [-0.2, -0.15) is 0 Å². The van der Waals surface area contributed by atoms with Crippen LogP contribution >= 0.6 is 34.2 Å². The summed E-state index contributed by atoms with van der Waals surface area (Å²) in [6.07, 6.45) is 0. The van der Waals surface area contributed by atoms with Gasteiger partial charge in [0.15, 0.2) is 0 Å². The van der Waals surface area contributed by atoms with Crippen LogP contribution in [0.5, 0.6) is 0 Å². The van der Waals surface area contributed by atoms with E-state index in [9.17, 15) is 4.79 Å². The van der Waals surface area contributed by atoms with Crippen molar-refractivity contribution in [2.24, 2.45) is 0 Å². The zero-order valence-electron chi connectivity index (χ0n) is 6.08. The second-order valence-corrected chi connectivity index (χ2v) is 4.07. The van der Waals surface area contributed by atoms with E-state index in [1.165, 1.54) is 11.3 Å². The van der Waals surface area contributed by atoms with Crippen LogP contribution in [0.4, 0.5) is 0 Å². The molecular weight excluding hydrogens is 273 g/mol. The third-order valence-electron chi connectivity index (χ3n) is 1.23. The van der Waals surface area contributed by atoms with E-state index in [-0.39, 0.29) is 5.91 Å². The first-order valence-electron chi connectivity index (χ1n) is 3.27. The van der Waals surface area contributed by atoms with Crippen molar-refractivity contribution < 1.29 is 4.79 Å². The maximum absolute atomic E-state index is 11.4. The van der Waals surface area contributed by atoms with Crippen LogP contribution in [0.15, 0.2) is 17.5 Å². The molecule has 1 rings (SSSR count). The molecule has 0 bridgehead atoms. The van der Waals surface area contributed by atoms with E-state index >= 15 is 0 Å². The van der Waals surface area contributed by atoms with Gasteiger partial charge in [-0.15, -0.1) is 11.3 Å². The molecule has 60 valence electrons. The standard InChI is InChI=1S/C7H8INOS/c1-2-9(8)7(10)6-4-3-5-11-6/h3-5H,2H2,1H3. The normalized spacial score (nSPS) is 9.64. The third kappa shape index (κ3) is 2.16. The second-order valence-electron chi connectivity index (χ2n) is 1.96. The summed E-state index contributed by atoms with van der Waals surface area (Å²) < 4.78 is 1.67. The number of hydrogen-bond acceptors (Lipinski definition) is 2. The van der Waals surface area contributed by atoms with E-state index in [4.69, 9.17) is 0 Å². The maximum Gasteiger partial charge on any atom is 0.272 e. The van der Waals surface area contributed by atoms with Gasteiger partial charge < -0.3 is 0 Å². The zero-order chi connectivity index (χ0) is 8.27. The average molecular weight is 281 g/mol. The molecule has 0 atom stereocenters. The van der Waals surface area contributed by atoms with Crippen molar-refractivity contribution >= 4 is 40.1 Å². The Kier molecular flexibility index (Phi) is 3.32. The molecular formula is C7H8INOS. The smallest absolute Gasteiger partial charge is 0.272 e. The summed E-state index contributed by atoms with van der Waals surface area (Å²) in [5.41, 5.74) is 0. The minimum Gasteiger partial charge on any atom is -0.280 e. The van der Waals surface area contributed by atoms with Crippen LogP contribution < -0.4 is 0 Å². The van der Waals surface area contributed by atoms with E-state index in [1.54, 1.807) is 3.11 Å². The first kappa shape index (κ1) is 8.99. The van der Waals surface area contributed by atoms with Gasteiger partial charge in [-0.05, 0) is 18.4 Å². The van der Waals surface area contributed by atoms with Crippen LogP contribution in [0.1, 0.15) is 16.6 Å². The number of rotatable bonds is 2. The molecule has 0 aromatic carbocycles. The SMILES string of the molecule is CCN(I)C(=O)c1cccs1. The molecule has 1 amide bonds. The number of thiophene rings is 1. The van der Waals surface area contributed by atoms with Crippen molar-refractivity contribution in [3.05, 3.63) is 22.4 Å². The van der Waals surface area contributed by atoms with E-state index in [0.29, 0.717) is 0 Å². The Labute approximate surface area is 83.7 Å². The lowest BCUT2D eigenvalue weighted by molar-refractivity contribution is 0.0897. The van der Waals surface area contributed by atoms with Crippen LogP contribution in [0.25, 0.3) is 0 Å². The molecule has 0 N–H and O–H groups in total. The molecule has 1 aromatic heterocycles. The monoisotopic (exact) mass is 281 g/mol. The van der Waals surface area contributed by atoms with E-state index in [1.807, 2.05) is 47.3 Å². The number of carbonyl (C=O) groups is 1. The third-order valence-corrected chi connectivity index (χ3v) is 3.21. The highest BCUT2D eigenvalue weighted by Gasteiger charge is 2.10. The van der Waals surface area contributed by atoms with Gasteiger partial charge in [-0.3, -0.25) is 7.91 Å². The summed E-state index contributed by atoms with van der Waals surface area (Å²) in [5.74, 6) is 0.100. The molecule has 0 radical (unpaired) electrons. The fourth-order valence-electron chi connectivity index (χ4n) is 0.663. The van der Waals surface area contributed by atoms with Crippen molar-refractivity contribution in [1.29, 1.82) is 0 Å². The Bertz CT molecular complexity index is 235. The fraction of sp³-hybridized carbons (Fsp3) is 0.286. The maximum atomic E-state index is 11.4. The number of nitrogens with zero attached hydrogens (tertiary/aromatic N) is 1. The molecule has 11 heavy (non-hydrogen) atoms. The van der Waals surface area contributed by atoms with Crippen molar-refractivity contribution in [1.82, 2.24) is 3.11 Å². The topological polar surface area (TPSA) is 20.3 Å². The fourth-order valence-corrected chi connectivity index (χ4v) is 1.76. The lowest BCUT2D eigenvalue weighted by Gasteiger charge is -2.08. The first-order chi connectivity index (χ1) is 5.25. The number of halogens is 1. The van der Waals surface area contributed by atoms with Crippen molar-refractivity contribution in [2.75, 3.05) is 6.54 Å². The molecule has 4 heteroatoms. The van der Waals surface area contributed by atoms with Gasteiger partial charge in [-0.25, -0.2) is 0 Å². The summed E-state index contributed by atoms with van der Waals surface area (Å²) in [6.45, 7) is 2.70. The van der Waals surface area contributed by atoms with Gasteiger partial charge in [0.2, 0.25) is 0 Å². The highest BCUT2D eigenvalue weighted by molar-refractivity contribution is 14.1. The molecule has 0 saturated carbocycles. The summed E-state index contributed by atoms with van der Waals surface area (Å²) in [5, 5.41) is 1.91. The van der Waals surface area contributed by atoms with E-state index in [0.717, 1.165) is 11.4 Å². The van der Waals surface area contributed by atoms with E-state index < -0.39 is 0 Å². The Morgan fingerprint density at radius 1 is 1.82 bits per heavy atom. The predicted octanol–water partition coefficient (Wildman–Crippen LogP) is 2.56. The van der Waals surface area contributed by atoms with Gasteiger partial charge in [0.25, 0.3) is 5.91 Å². The Morgan fingerprint density at radius 2 is 2.55 bits per heavy atom. The number of amides is 1. The molecule has 0 aliphatic carbocycles. The molecule has 0 aliphatic rings. The molecule has 1 heterocycles. The van der Waals surface area contributed by atoms with Crippen LogP contribution in [-0.2, 0) is 0 Å². The minimum absolute atomic E-state index is 0.100. The second kappa shape index (κ2) is 4.06. The number of carbonyl (C=O) groups excluding carboxylic acids is 1. The zero-order valence-corrected chi connectivity index (χ0v) is 9.05. The summed E-state index contributed by atoms with van der Waals surface area (Å²) in [7, 11) is 0. The first-order valence-corrected chi connectivity index (χ1v) is 5.11. The van der Waals surface area contributed by atoms with Gasteiger partial charge in [0.05, 0.1) is 27.7 Å². The van der Waals surface area contributed by atoms with Crippen molar-refractivity contribution in [2.45, 2.75) is 6.92 Å². The minimum atomic E-state index is 0.100. The Balaban J connectivity index is 2.70. The summed E-state index contributed by atoms with van der Waals surface area (Å²) in [6, 6.07) is 3.73. The van der Waals surface area contributed by atoms with Gasteiger partial charge in [-0.1, -0.05) is 6.07 Å². The van der Waals surface area contributed by atoms with Gasteiger partial charge in [0, 0.05) is 6.54 Å². The van der Waals surface area contributed by atoms with Gasteiger partial charge in [0.1, 0.15) is 0 Å². The largest absolute Gasteiger partial charge is 0.280 e. The highest BCUT2D eigenvalue weighted by Crippen LogP contribution is 2.13. The summed E-state index contributed by atoms with van der Waals surface area (Å²) in [4.78, 5) is 12.2. The molecule has 0 aliphatic heterocycles. The average Bonchev–Trinajstić information content (AvgIpc) is 2.53. The predicted molar refractivity (Wildman–Crippen MR) is 55.0 cm³/mol. The molecule has 0 fully saturated rings. The Morgan fingerprint density at radius 3 is 3.00 bits per heavy atom. The van der Waals surface area contributed by atoms with Crippen LogP contribution in [0, 0.1) is 0 Å². The van der Waals surface area contributed by atoms with E-state index in [2.05, 4.69) is 0 Å². The van der Waals surface area contributed by atoms with Crippen LogP contribution in [0.3, 0.4) is 0 Å². The van der Waals surface area contributed by atoms with Crippen molar-refractivity contribution in [3.8, 4) is 0 Å². The molecule has 2 nitrogen and oxygen atoms in total. The molecule has 1 aromatic rings. The highest BCUT2D eigenvalue weighted by atomic mass is 127. The summed E-state index contributed by atoms with van der Waals surface area (Å²) >= 11 is 3.50. The number of hydrogen-bond donors (Lipinski definition) is 0. The van der Waals surface area contributed by atoms with Crippen molar-refractivity contribution in [3.63, 3.8) is 0 Å². The van der Waals surface area contributed by atoms with Crippen LogP contribution in [0.2, 0.25) is 0 Å². The molecule has 0 saturated heterocycles. The lowest BCUT2D eigenvalue weighted by atomic mass is 10.4. The lowest BCUT2D eigenvalue weighted by Crippen LogP contribution is -2.18. The quantitative estimate of drug-likeness (QED) is 0.602. The van der Waals surface area contributed by atoms with Crippen LogP contribution in [-0.4, -0.2) is 15.6 Å².